The third kappa shape index (κ3) is 7.13. The van der Waals surface area contributed by atoms with Crippen molar-refractivity contribution in [3.8, 4) is 0 Å². The Morgan fingerprint density at radius 3 is 2.34 bits per heavy atom. The molecule has 2 N–H and O–H groups in total. The van der Waals surface area contributed by atoms with E-state index in [0.29, 0.717) is 60.7 Å². The SMILES string of the molecule is O=C(Nc1cccc(S(=O)(=O)N2CCC(NCCc3cccc(C(F)(F)F)c3)CC2)c1)c1ccc(Cl)cc1. The summed E-state index contributed by atoms with van der Waals surface area (Å²) in [5.74, 6) is -0.381. The molecule has 0 saturated carbocycles. The van der Waals surface area contributed by atoms with Crippen molar-refractivity contribution in [2.24, 2.45) is 0 Å². The van der Waals surface area contributed by atoms with E-state index < -0.39 is 21.8 Å². The smallest absolute Gasteiger partial charge is 0.322 e. The van der Waals surface area contributed by atoms with Gasteiger partial charge < -0.3 is 10.6 Å². The van der Waals surface area contributed by atoms with Crippen LogP contribution in [-0.2, 0) is 22.6 Å². The molecule has 0 aromatic heterocycles. The van der Waals surface area contributed by atoms with Gasteiger partial charge in [0.1, 0.15) is 0 Å². The number of carbonyl (C=O) groups is 1. The number of halogens is 4. The molecule has 1 fully saturated rings. The number of piperidine rings is 1. The lowest BCUT2D eigenvalue weighted by Crippen LogP contribution is -2.45. The molecular weight excluding hydrogens is 539 g/mol. The van der Waals surface area contributed by atoms with E-state index in [1.54, 1.807) is 42.5 Å². The van der Waals surface area contributed by atoms with Gasteiger partial charge in [0.05, 0.1) is 10.5 Å². The first-order valence-electron chi connectivity index (χ1n) is 12.1. The van der Waals surface area contributed by atoms with Gasteiger partial charge in [-0.05, 0) is 79.9 Å². The van der Waals surface area contributed by atoms with Crippen LogP contribution in [0, 0.1) is 0 Å². The molecule has 3 aromatic rings. The van der Waals surface area contributed by atoms with Gasteiger partial charge in [-0.1, -0.05) is 35.9 Å². The van der Waals surface area contributed by atoms with Gasteiger partial charge >= 0.3 is 6.18 Å². The summed E-state index contributed by atoms with van der Waals surface area (Å²) in [4.78, 5) is 12.6. The number of hydrogen-bond donors (Lipinski definition) is 2. The minimum atomic E-state index is -4.37. The van der Waals surface area contributed by atoms with Crippen LogP contribution in [0.1, 0.15) is 34.3 Å². The maximum Gasteiger partial charge on any atom is 0.416 e. The predicted octanol–water partition coefficient (Wildman–Crippen LogP) is 5.60. The lowest BCUT2D eigenvalue weighted by molar-refractivity contribution is -0.137. The topological polar surface area (TPSA) is 78.5 Å². The number of carbonyl (C=O) groups excluding carboxylic acids is 1. The van der Waals surface area contributed by atoms with E-state index in [1.807, 2.05) is 0 Å². The number of rotatable bonds is 8. The second-order valence-corrected chi connectivity index (χ2v) is 11.4. The summed E-state index contributed by atoms with van der Waals surface area (Å²) >= 11 is 5.86. The van der Waals surface area contributed by atoms with Crippen LogP contribution >= 0.6 is 11.6 Å². The van der Waals surface area contributed by atoms with E-state index in [1.165, 1.54) is 22.5 Å². The van der Waals surface area contributed by atoms with Crippen molar-refractivity contribution in [2.75, 3.05) is 25.0 Å². The van der Waals surface area contributed by atoms with Crippen LogP contribution in [0.4, 0.5) is 18.9 Å². The number of benzene rings is 3. The molecule has 3 aromatic carbocycles. The zero-order valence-corrected chi connectivity index (χ0v) is 21.9. The van der Waals surface area contributed by atoms with Gasteiger partial charge in [0.25, 0.3) is 5.91 Å². The fourth-order valence-electron chi connectivity index (χ4n) is 4.31. The number of amides is 1. The third-order valence-corrected chi connectivity index (χ3v) is 8.54. The molecule has 0 radical (unpaired) electrons. The molecule has 1 aliphatic heterocycles. The van der Waals surface area contributed by atoms with E-state index in [0.717, 1.165) is 12.1 Å². The summed E-state index contributed by atoms with van der Waals surface area (Å²) in [6.45, 7) is 1.12. The number of anilines is 1. The summed E-state index contributed by atoms with van der Waals surface area (Å²) in [5, 5.41) is 6.55. The zero-order chi connectivity index (χ0) is 27.3. The highest BCUT2D eigenvalue weighted by atomic mass is 35.5. The second kappa shape index (κ2) is 11.9. The number of alkyl halides is 3. The Morgan fingerprint density at radius 2 is 1.66 bits per heavy atom. The normalized spacial score (nSPS) is 15.4. The van der Waals surface area contributed by atoms with Crippen LogP contribution in [0.25, 0.3) is 0 Å². The Kier molecular flexibility index (Phi) is 8.77. The molecule has 1 saturated heterocycles. The maximum atomic E-state index is 13.2. The molecule has 1 amide bonds. The first-order valence-corrected chi connectivity index (χ1v) is 13.9. The minimum absolute atomic E-state index is 0.0669. The van der Waals surface area contributed by atoms with E-state index in [4.69, 9.17) is 11.6 Å². The molecule has 0 unspecified atom stereocenters. The molecule has 4 rings (SSSR count). The van der Waals surface area contributed by atoms with Crippen LogP contribution in [0.2, 0.25) is 5.02 Å². The van der Waals surface area contributed by atoms with Gasteiger partial charge in [0.15, 0.2) is 0 Å². The van der Waals surface area contributed by atoms with Crippen LogP contribution in [0.15, 0.2) is 77.7 Å². The molecular formula is C27H27ClF3N3O3S. The Balaban J connectivity index is 1.30. The van der Waals surface area contributed by atoms with Crippen molar-refractivity contribution in [1.82, 2.24) is 9.62 Å². The fourth-order valence-corrected chi connectivity index (χ4v) is 5.95. The third-order valence-electron chi connectivity index (χ3n) is 6.39. The van der Waals surface area contributed by atoms with E-state index >= 15 is 0 Å². The summed E-state index contributed by atoms with van der Waals surface area (Å²) in [6, 6.07) is 17.8. The summed E-state index contributed by atoms with van der Waals surface area (Å²) in [6.07, 6.45) is -2.77. The predicted molar refractivity (Wildman–Crippen MR) is 141 cm³/mol. The number of nitrogens with zero attached hydrogens (tertiary/aromatic N) is 1. The average molecular weight is 566 g/mol. The zero-order valence-electron chi connectivity index (χ0n) is 20.3. The largest absolute Gasteiger partial charge is 0.416 e. The molecule has 6 nitrogen and oxygen atoms in total. The molecule has 0 spiro atoms. The average Bonchev–Trinajstić information content (AvgIpc) is 2.89. The molecule has 11 heteroatoms. The standard InChI is InChI=1S/C27H27ClF3N3O3S/c28-22-9-7-20(8-10-22)26(35)33-24-5-2-6-25(18-24)38(36,37)34-15-12-23(13-16-34)32-14-11-19-3-1-4-21(17-19)27(29,30)31/h1-10,17-18,23,32H,11-16H2,(H,33,35). The molecule has 1 heterocycles. The Morgan fingerprint density at radius 1 is 0.974 bits per heavy atom. The van der Waals surface area contributed by atoms with Gasteiger partial charge in [0, 0.05) is 35.4 Å². The van der Waals surface area contributed by atoms with Crippen LogP contribution in [0.3, 0.4) is 0 Å². The second-order valence-electron chi connectivity index (χ2n) is 9.07. The van der Waals surface area contributed by atoms with Crippen molar-refractivity contribution >= 4 is 33.2 Å². The first kappa shape index (κ1) is 28.1. The quantitative estimate of drug-likeness (QED) is 0.373. The van der Waals surface area contributed by atoms with Crippen LogP contribution in [-0.4, -0.2) is 44.3 Å². The number of sulfonamides is 1. The van der Waals surface area contributed by atoms with Gasteiger partial charge in [0.2, 0.25) is 10.0 Å². The van der Waals surface area contributed by atoms with Gasteiger partial charge in [-0.25, -0.2) is 8.42 Å². The molecule has 0 bridgehead atoms. The van der Waals surface area contributed by atoms with Crippen LogP contribution in [0.5, 0.6) is 0 Å². The van der Waals surface area contributed by atoms with E-state index in [9.17, 15) is 26.4 Å². The Bertz CT molecular complexity index is 1370. The molecule has 1 aliphatic rings. The van der Waals surface area contributed by atoms with E-state index in [-0.39, 0.29) is 16.8 Å². The minimum Gasteiger partial charge on any atom is -0.322 e. The van der Waals surface area contributed by atoms with Crippen molar-refractivity contribution in [2.45, 2.75) is 36.4 Å². The molecule has 0 atom stereocenters. The van der Waals surface area contributed by atoms with Crippen molar-refractivity contribution in [3.05, 3.63) is 94.5 Å². The van der Waals surface area contributed by atoms with E-state index in [2.05, 4.69) is 10.6 Å². The lowest BCUT2D eigenvalue weighted by Gasteiger charge is -2.32. The van der Waals surface area contributed by atoms with Gasteiger partial charge in [-0.3, -0.25) is 4.79 Å². The summed E-state index contributed by atoms with van der Waals surface area (Å²) in [5.41, 5.74) is 0.681. The number of nitrogens with one attached hydrogen (secondary N) is 2. The monoisotopic (exact) mass is 565 g/mol. The van der Waals surface area contributed by atoms with Gasteiger partial charge in [-0.2, -0.15) is 17.5 Å². The van der Waals surface area contributed by atoms with Gasteiger partial charge in [-0.15, -0.1) is 0 Å². The lowest BCUT2D eigenvalue weighted by atomic mass is 10.1. The van der Waals surface area contributed by atoms with Crippen molar-refractivity contribution in [3.63, 3.8) is 0 Å². The fraction of sp³-hybridized carbons (Fsp3) is 0.296. The van der Waals surface area contributed by atoms with Crippen molar-refractivity contribution < 1.29 is 26.4 Å². The highest BCUT2D eigenvalue weighted by Gasteiger charge is 2.31. The molecule has 38 heavy (non-hydrogen) atoms. The summed E-state index contributed by atoms with van der Waals surface area (Å²) < 4.78 is 66.6. The summed E-state index contributed by atoms with van der Waals surface area (Å²) in [7, 11) is -3.77. The molecule has 0 aliphatic carbocycles. The Hall–Kier alpha value is -2.92. The highest BCUT2D eigenvalue weighted by molar-refractivity contribution is 7.89. The first-order chi connectivity index (χ1) is 18.0. The molecule has 202 valence electrons. The van der Waals surface area contributed by atoms with Crippen LogP contribution < -0.4 is 10.6 Å². The Labute approximate surface area is 224 Å². The highest BCUT2D eigenvalue weighted by Crippen LogP contribution is 2.29. The van der Waals surface area contributed by atoms with Crippen molar-refractivity contribution in [1.29, 1.82) is 0 Å². The maximum absolute atomic E-state index is 13.2. The number of hydrogen-bond acceptors (Lipinski definition) is 4.